The van der Waals surface area contributed by atoms with Gasteiger partial charge in [0.1, 0.15) is 11.9 Å². The summed E-state index contributed by atoms with van der Waals surface area (Å²) in [7, 11) is 0. The molecule has 2 saturated carbocycles. The summed E-state index contributed by atoms with van der Waals surface area (Å²) in [6.45, 7) is 7.94. The first-order valence-corrected chi connectivity index (χ1v) is 9.79. The van der Waals surface area contributed by atoms with E-state index < -0.39 is 0 Å². The smallest absolute Gasteiger partial charge is 0.310 e. The molecule has 4 rings (SSSR count). The van der Waals surface area contributed by atoms with E-state index in [0.717, 1.165) is 24.8 Å². The molecule has 0 aromatic heterocycles. The van der Waals surface area contributed by atoms with Gasteiger partial charge in [0.15, 0.2) is 0 Å². The zero-order valence-electron chi connectivity index (χ0n) is 15.5. The number of nitrogens with one attached hydrogen (secondary N) is 1. The maximum absolute atomic E-state index is 13.0. The number of hydrogen-bond donors (Lipinski definition) is 1. The van der Waals surface area contributed by atoms with Crippen LogP contribution in [0.5, 0.6) is 0 Å². The van der Waals surface area contributed by atoms with Gasteiger partial charge in [-0.3, -0.25) is 4.79 Å². The monoisotopic (exact) mass is 357 g/mol. The molecular weight excluding hydrogens is 329 g/mol. The highest BCUT2D eigenvalue weighted by atomic mass is 19.1. The normalized spacial score (nSPS) is 36.4. The lowest BCUT2D eigenvalue weighted by Gasteiger charge is -2.50. The van der Waals surface area contributed by atoms with Crippen molar-refractivity contribution in [1.29, 1.82) is 0 Å². The molecule has 140 valence electrons. The Morgan fingerprint density at radius 3 is 2.88 bits per heavy atom. The Kier molecular flexibility index (Phi) is 4.64. The SMILES string of the molecule is C=C1CCC[C@]2(C)C[C@H]3OC(=O)[C@@H](CNCc4ccc(F)cc4)[C@H]3C[C@@H]12. The van der Waals surface area contributed by atoms with E-state index in [0.29, 0.717) is 19.0 Å². The lowest BCUT2D eigenvalue weighted by atomic mass is 9.55. The lowest BCUT2D eigenvalue weighted by molar-refractivity contribution is -0.146. The molecule has 1 aromatic rings. The fourth-order valence-electron chi connectivity index (χ4n) is 5.46. The molecule has 0 spiro atoms. The minimum Gasteiger partial charge on any atom is -0.462 e. The Balaban J connectivity index is 1.40. The Hall–Kier alpha value is -1.68. The molecule has 1 aromatic carbocycles. The molecule has 5 atom stereocenters. The van der Waals surface area contributed by atoms with E-state index in [2.05, 4.69) is 18.8 Å². The van der Waals surface area contributed by atoms with Gasteiger partial charge in [0.2, 0.25) is 0 Å². The molecule has 26 heavy (non-hydrogen) atoms. The summed E-state index contributed by atoms with van der Waals surface area (Å²) in [4.78, 5) is 12.5. The zero-order chi connectivity index (χ0) is 18.3. The summed E-state index contributed by atoms with van der Waals surface area (Å²) in [6.07, 6.45) is 5.60. The standard InChI is InChI=1S/C22H28FNO2/c1-14-4-3-9-22(2)11-20-17(10-19(14)22)18(21(25)26-20)13-24-12-15-5-7-16(23)8-6-15/h5-8,17-20,24H,1,3-4,9-13H2,2H3/t17-,18+,19+,20-,22-/m1/s1. The van der Waals surface area contributed by atoms with Crippen LogP contribution in [0.2, 0.25) is 0 Å². The van der Waals surface area contributed by atoms with Gasteiger partial charge in [-0.2, -0.15) is 0 Å². The number of hydrogen-bond acceptors (Lipinski definition) is 3. The van der Waals surface area contributed by atoms with Crippen LogP contribution in [0, 0.1) is 29.0 Å². The van der Waals surface area contributed by atoms with Crippen molar-refractivity contribution in [3.05, 3.63) is 47.8 Å². The number of rotatable bonds is 4. The summed E-state index contributed by atoms with van der Waals surface area (Å²) >= 11 is 0. The minimum atomic E-state index is -0.228. The molecule has 0 amide bonds. The first kappa shape index (κ1) is 17.7. The third kappa shape index (κ3) is 3.20. The minimum absolute atomic E-state index is 0.0561. The quantitative estimate of drug-likeness (QED) is 0.647. The van der Waals surface area contributed by atoms with Crippen molar-refractivity contribution in [2.45, 2.75) is 51.7 Å². The van der Waals surface area contributed by atoms with Crippen molar-refractivity contribution < 1.29 is 13.9 Å². The second-order valence-electron chi connectivity index (χ2n) is 8.66. The van der Waals surface area contributed by atoms with Crippen molar-refractivity contribution in [2.75, 3.05) is 6.54 Å². The number of benzene rings is 1. The molecule has 0 unspecified atom stereocenters. The van der Waals surface area contributed by atoms with Crippen LogP contribution in [-0.2, 0) is 16.1 Å². The summed E-state index contributed by atoms with van der Waals surface area (Å²) in [6, 6.07) is 6.48. The van der Waals surface area contributed by atoms with Crippen LogP contribution in [0.25, 0.3) is 0 Å². The van der Waals surface area contributed by atoms with E-state index in [9.17, 15) is 9.18 Å². The van der Waals surface area contributed by atoms with Gasteiger partial charge in [-0.25, -0.2) is 4.39 Å². The molecule has 3 aliphatic rings. The van der Waals surface area contributed by atoms with Crippen LogP contribution >= 0.6 is 0 Å². The average Bonchev–Trinajstić information content (AvgIpc) is 2.89. The third-order valence-electron chi connectivity index (χ3n) is 6.93. The molecule has 3 fully saturated rings. The van der Waals surface area contributed by atoms with Crippen LogP contribution in [0.1, 0.15) is 44.6 Å². The Labute approximate surface area is 155 Å². The molecule has 1 aliphatic heterocycles. The van der Waals surface area contributed by atoms with E-state index in [1.807, 2.05) is 0 Å². The molecule has 0 bridgehead atoms. The van der Waals surface area contributed by atoms with E-state index in [1.54, 1.807) is 12.1 Å². The maximum Gasteiger partial charge on any atom is 0.310 e. The fraction of sp³-hybridized carbons (Fsp3) is 0.591. The maximum atomic E-state index is 13.0. The van der Waals surface area contributed by atoms with Gasteiger partial charge >= 0.3 is 5.97 Å². The second-order valence-corrected chi connectivity index (χ2v) is 8.66. The number of ether oxygens (including phenoxy) is 1. The molecule has 2 aliphatic carbocycles. The summed E-state index contributed by atoms with van der Waals surface area (Å²) in [5, 5.41) is 3.37. The van der Waals surface area contributed by atoms with E-state index in [4.69, 9.17) is 4.74 Å². The van der Waals surface area contributed by atoms with Gasteiger partial charge in [0.05, 0.1) is 5.92 Å². The molecule has 1 saturated heterocycles. The van der Waals surface area contributed by atoms with Crippen LogP contribution in [0.3, 0.4) is 0 Å². The first-order valence-electron chi connectivity index (χ1n) is 9.79. The Morgan fingerprint density at radius 2 is 2.12 bits per heavy atom. The van der Waals surface area contributed by atoms with Crippen LogP contribution in [-0.4, -0.2) is 18.6 Å². The number of halogens is 1. The van der Waals surface area contributed by atoms with Crippen molar-refractivity contribution >= 4 is 5.97 Å². The van der Waals surface area contributed by atoms with Gasteiger partial charge in [0.25, 0.3) is 0 Å². The fourth-order valence-corrected chi connectivity index (χ4v) is 5.46. The van der Waals surface area contributed by atoms with Crippen molar-refractivity contribution in [3.63, 3.8) is 0 Å². The average molecular weight is 357 g/mol. The summed E-state index contributed by atoms with van der Waals surface area (Å²) in [5.41, 5.74) is 2.63. The predicted octanol–water partition coefficient (Wildman–Crippen LogP) is 4.23. The van der Waals surface area contributed by atoms with Crippen LogP contribution in [0.4, 0.5) is 4.39 Å². The summed E-state index contributed by atoms with van der Waals surface area (Å²) < 4.78 is 18.8. The van der Waals surface area contributed by atoms with Crippen molar-refractivity contribution in [1.82, 2.24) is 5.32 Å². The van der Waals surface area contributed by atoms with Gasteiger partial charge < -0.3 is 10.1 Å². The highest BCUT2D eigenvalue weighted by molar-refractivity contribution is 5.75. The van der Waals surface area contributed by atoms with Crippen molar-refractivity contribution in [2.24, 2.45) is 23.2 Å². The first-order chi connectivity index (χ1) is 12.5. The van der Waals surface area contributed by atoms with E-state index in [1.165, 1.54) is 30.5 Å². The lowest BCUT2D eigenvalue weighted by Crippen LogP contribution is -2.45. The predicted molar refractivity (Wildman–Crippen MR) is 98.8 cm³/mol. The molecular formula is C22H28FNO2. The second kappa shape index (κ2) is 6.80. The molecule has 1 N–H and O–H groups in total. The molecule has 0 radical (unpaired) electrons. The zero-order valence-corrected chi connectivity index (χ0v) is 15.5. The molecule has 1 heterocycles. The van der Waals surface area contributed by atoms with Gasteiger partial charge in [-0.1, -0.05) is 31.2 Å². The Morgan fingerprint density at radius 1 is 1.35 bits per heavy atom. The number of esters is 1. The summed E-state index contributed by atoms with van der Waals surface area (Å²) in [5.74, 6) is 0.441. The number of fused-ring (bicyclic) bond motifs is 2. The van der Waals surface area contributed by atoms with Gasteiger partial charge in [-0.05, 0) is 61.1 Å². The highest BCUT2D eigenvalue weighted by Gasteiger charge is 2.54. The third-order valence-corrected chi connectivity index (χ3v) is 6.93. The highest BCUT2D eigenvalue weighted by Crippen LogP contribution is 2.56. The largest absolute Gasteiger partial charge is 0.462 e. The number of carbonyl (C=O) groups is 1. The van der Waals surface area contributed by atoms with E-state index >= 15 is 0 Å². The Bertz CT molecular complexity index is 701. The number of carbonyl (C=O) groups excluding carboxylic acids is 1. The van der Waals surface area contributed by atoms with E-state index in [-0.39, 0.29) is 35.1 Å². The van der Waals surface area contributed by atoms with Crippen LogP contribution < -0.4 is 5.32 Å². The van der Waals surface area contributed by atoms with Crippen LogP contribution in [0.15, 0.2) is 36.4 Å². The van der Waals surface area contributed by atoms with Crippen molar-refractivity contribution in [3.8, 4) is 0 Å². The van der Waals surface area contributed by atoms with Gasteiger partial charge in [0, 0.05) is 19.0 Å². The molecule has 3 nitrogen and oxygen atoms in total. The number of allylic oxidation sites excluding steroid dienone is 1. The topological polar surface area (TPSA) is 38.3 Å². The molecule has 4 heteroatoms. The van der Waals surface area contributed by atoms with Gasteiger partial charge in [-0.15, -0.1) is 0 Å².